The van der Waals surface area contributed by atoms with Crippen LogP contribution in [0.1, 0.15) is 18.3 Å². The lowest BCUT2D eigenvalue weighted by atomic mass is 10.1. The fourth-order valence-corrected chi connectivity index (χ4v) is 4.93. The number of benzene rings is 2. The van der Waals surface area contributed by atoms with Gasteiger partial charge in [-0.25, -0.2) is 13.1 Å². The molecule has 168 valence electrons. The van der Waals surface area contributed by atoms with Crippen LogP contribution < -0.4 is 10.0 Å². The fraction of sp³-hybridized carbons (Fsp3) is 0.130. The Labute approximate surface area is 191 Å². The van der Waals surface area contributed by atoms with Crippen LogP contribution in [0.3, 0.4) is 0 Å². The van der Waals surface area contributed by atoms with Gasteiger partial charge in [-0.15, -0.1) is 10.2 Å². The Hall–Kier alpha value is -4.05. The Bertz CT molecular complexity index is 1400. The van der Waals surface area contributed by atoms with E-state index in [1.807, 2.05) is 36.4 Å². The van der Waals surface area contributed by atoms with Crippen molar-refractivity contribution < 1.29 is 13.2 Å². The van der Waals surface area contributed by atoms with Crippen molar-refractivity contribution in [3.8, 4) is 17.1 Å². The first-order chi connectivity index (χ1) is 15.7. The molecular formula is C23H22N6O3S. The van der Waals surface area contributed by atoms with Gasteiger partial charge in [-0.1, -0.05) is 30.3 Å². The number of nitrogens with zero attached hydrogens (tertiary/aromatic N) is 4. The number of nitrogens with one attached hydrogen (secondary N) is 2. The molecule has 0 radical (unpaired) electrons. The van der Waals surface area contributed by atoms with Crippen molar-refractivity contribution in [3.63, 3.8) is 0 Å². The van der Waals surface area contributed by atoms with Gasteiger partial charge in [-0.05, 0) is 50.2 Å². The van der Waals surface area contributed by atoms with Crippen LogP contribution in [-0.2, 0) is 14.8 Å². The Morgan fingerprint density at radius 2 is 1.55 bits per heavy atom. The summed E-state index contributed by atoms with van der Waals surface area (Å²) in [6.45, 7) is 4.70. The molecule has 2 N–H and O–H groups in total. The lowest BCUT2D eigenvalue weighted by Gasteiger charge is -2.10. The van der Waals surface area contributed by atoms with Crippen molar-refractivity contribution in [1.82, 2.24) is 20.0 Å². The van der Waals surface area contributed by atoms with E-state index in [0.29, 0.717) is 34.3 Å². The standard InChI is InChI=1S/C23H22N6O3S/c1-15-23(33(31,32)28-20-11-9-19(10-12-20)24-17(3)30)16(2)29(27-15)22-14-13-21(25-26-22)18-7-5-4-6-8-18/h4-14,28H,1-3H3,(H,24,30). The lowest BCUT2D eigenvalue weighted by molar-refractivity contribution is -0.114. The monoisotopic (exact) mass is 462 g/mol. The van der Waals surface area contributed by atoms with E-state index in [9.17, 15) is 13.2 Å². The average Bonchev–Trinajstić information content (AvgIpc) is 3.10. The molecule has 0 bridgehead atoms. The SMILES string of the molecule is CC(=O)Nc1ccc(NS(=O)(=O)c2c(C)nn(-c3ccc(-c4ccccc4)nn3)c2C)cc1. The Kier molecular flexibility index (Phi) is 5.93. The minimum atomic E-state index is -3.92. The normalized spacial score (nSPS) is 11.2. The van der Waals surface area contributed by atoms with Crippen LogP contribution in [0.4, 0.5) is 11.4 Å². The summed E-state index contributed by atoms with van der Waals surface area (Å²) in [5.41, 5.74) is 3.33. The molecule has 2 heterocycles. The Morgan fingerprint density at radius 3 is 2.15 bits per heavy atom. The van der Waals surface area contributed by atoms with Crippen LogP contribution in [0.25, 0.3) is 17.1 Å². The molecule has 0 spiro atoms. The molecule has 0 atom stereocenters. The van der Waals surface area contributed by atoms with E-state index >= 15 is 0 Å². The zero-order valence-electron chi connectivity index (χ0n) is 18.3. The minimum Gasteiger partial charge on any atom is -0.326 e. The quantitative estimate of drug-likeness (QED) is 0.451. The second kappa shape index (κ2) is 8.83. The summed E-state index contributed by atoms with van der Waals surface area (Å²) >= 11 is 0. The summed E-state index contributed by atoms with van der Waals surface area (Å²) in [4.78, 5) is 11.2. The van der Waals surface area contributed by atoms with Crippen molar-refractivity contribution in [3.05, 3.63) is 78.1 Å². The van der Waals surface area contributed by atoms with E-state index in [-0.39, 0.29) is 10.8 Å². The summed E-state index contributed by atoms with van der Waals surface area (Å²) < 4.78 is 30.3. The average molecular weight is 463 g/mol. The predicted molar refractivity (Wildman–Crippen MR) is 126 cm³/mol. The van der Waals surface area contributed by atoms with Crippen molar-refractivity contribution in [1.29, 1.82) is 0 Å². The maximum atomic E-state index is 13.1. The molecule has 0 aliphatic carbocycles. The van der Waals surface area contributed by atoms with Gasteiger partial charge >= 0.3 is 0 Å². The zero-order valence-corrected chi connectivity index (χ0v) is 19.1. The molecule has 10 heteroatoms. The molecule has 0 unspecified atom stereocenters. The molecular weight excluding hydrogens is 440 g/mol. The zero-order chi connectivity index (χ0) is 23.6. The van der Waals surface area contributed by atoms with Gasteiger partial charge in [0.25, 0.3) is 10.0 Å². The highest BCUT2D eigenvalue weighted by Crippen LogP contribution is 2.25. The van der Waals surface area contributed by atoms with Crippen molar-refractivity contribution in [2.75, 3.05) is 10.0 Å². The molecule has 0 aliphatic rings. The maximum absolute atomic E-state index is 13.1. The Balaban J connectivity index is 1.61. The van der Waals surface area contributed by atoms with E-state index in [4.69, 9.17) is 0 Å². The first-order valence-corrected chi connectivity index (χ1v) is 11.6. The topological polar surface area (TPSA) is 119 Å². The van der Waals surface area contributed by atoms with Gasteiger partial charge < -0.3 is 5.32 Å². The molecule has 0 saturated carbocycles. The highest BCUT2D eigenvalue weighted by molar-refractivity contribution is 7.92. The molecule has 4 aromatic rings. The number of carbonyl (C=O) groups is 1. The highest BCUT2D eigenvalue weighted by atomic mass is 32.2. The van der Waals surface area contributed by atoms with Crippen molar-refractivity contribution in [2.24, 2.45) is 0 Å². The van der Waals surface area contributed by atoms with Gasteiger partial charge in [0.2, 0.25) is 5.91 Å². The van der Waals surface area contributed by atoms with E-state index < -0.39 is 10.0 Å². The van der Waals surface area contributed by atoms with E-state index in [0.717, 1.165) is 5.56 Å². The second-order valence-electron chi connectivity index (χ2n) is 7.42. The van der Waals surface area contributed by atoms with Crippen molar-refractivity contribution in [2.45, 2.75) is 25.7 Å². The number of rotatable bonds is 6. The third-order valence-electron chi connectivity index (χ3n) is 4.89. The predicted octanol–water partition coefficient (Wildman–Crippen LogP) is 3.71. The third-order valence-corrected chi connectivity index (χ3v) is 6.52. The molecule has 0 aliphatic heterocycles. The van der Waals surface area contributed by atoms with Gasteiger partial charge in [-0.2, -0.15) is 5.10 Å². The number of amides is 1. The smallest absolute Gasteiger partial charge is 0.265 e. The van der Waals surface area contributed by atoms with E-state index in [2.05, 4.69) is 25.3 Å². The van der Waals surface area contributed by atoms with Crippen LogP contribution in [-0.4, -0.2) is 34.3 Å². The van der Waals surface area contributed by atoms with Gasteiger partial charge in [0.15, 0.2) is 5.82 Å². The molecule has 2 aromatic carbocycles. The van der Waals surface area contributed by atoms with Gasteiger partial charge in [0.05, 0.1) is 17.1 Å². The molecule has 4 rings (SSSR count). The molecule has 0 fully saturated rings. The number of hydrogen-bond donors (Lipinski definition) is 2. The van der Waals surface area contributed by atoms with E-state index in [1.54, 1.807) is 44.2 Å². The number of hydrogen-bond acceptors (Lipinski definition) is 6. The Morgan fingerprint density at radius 1 is 0.879 bits per heavy atom. The number of aryl methyl sites for hydroxylation is 1. The summed E-state index contributed by atoms with van der Waals surface area (Å²) in [6, 6.07) is 19.6. The summed E-state index contributed by atoms with van der Waals surface area (Å²) in [7, 11) is -3.92. The number of aromatic nitrogens is 4. The first kappa shape index (κ1) is 22.2. The van der Waals surface area contributed by atoms with Gasteiger partial charge in [-0.3, -0.25) is 9.52 Å². The molecule has 2 aromatic heterocycles. The second-order valence-corrected chi connectivity index (χ2v) is 9.04. The fourth-order valence-electron chi connectivity index (χ4n) is 3.47. The molecule has 1 amide bonds. The molecule has 9 nitrogen and oxygen atoms in total. The number of carbonyl (C=O) groups excluding carboxylic acids is 1. The molecule has 33 heavy (non-hydrogen) atoms. The first-order valence-electron chi connectivity index (χ1n) is 10.1. The maximum Gasteiger partial charge on any atom is 0.265 e. The number of anilines is 2. The third kappa shape index (κ3) is 4.75. The largest absolute Gasteiger partial charge is 0.326 e. The van der Waals surface area contributed by atoms with Crippen LogP contribution in [0.5, 0.6) is 0 Å². The van der Waals surface area contributed by atoms with Crippen LogP contribution in [0, 0.1) is 13.8 Å². The lowest BCUT2D eigenvalue weighted by Crippen LogP contribution is -2.15. The van der Waals surface area contributed by atoms with Gasteiger partial charge in [0.1, 0.15) is 4.90 Å². The number of sulfonamides is 1. The van der Waals surface area contributed by atoms with E-state index in [1.165, 1.54) is 11.6 Å². The van der Waals surface area contributed by atoms with Gasteiger partial charge in [0, 0.05) is 23.9 Å². The summed E-state index contributed by atoms with van der Waals surface area (Å²) in [5.74, 6) is 0.207. The van der Waals surface area contributed by atoms with Crippen LogP contribution >= 0.6 is 0 Å². The highest BCUT2D eigenvalue weighted by Gasteiger charge is 2.26. The summed E-state index contributed by atoms with van der Waals surface area (Å²) in [5, 5.41) is 15.5. The van der Waals surface area contributed by atoms with Crippen LogP contribution in [0.15, 0.2) is 71.6 Å². The minimum absolute atomic E-state index is 0.0716. The molecule has 0 saturated heterocycles. The van der Waals surface area contributed by atoms with Crippen molar-refractivity contribution >= 4 is 27.3 Å². The summed E-state index contributed by atoms with van der Waals surface area (Å²) in [6.07, 6.45) is 0. The van der Waals surface area contributed by atoms with Crippen LogP contribution in [0.2, 0.25) is 0 Å².